The van der Waals surface area contributed by atoms with Crippen LogP contribution in [0.25, 0.3) is 0 Å². The van der Waals surface area contributed by atoms with Gasteiger partial charge >= 0.3 is 7.82 Å². The smallest absolute Gasteiger partial charge is 0.302 e. The molecule has 0 spiro atoms. The summed E-state index contributed by atoms with van der Waals surface area (Å²) in [5, 5.41) is 6.45. The molecular formula is C8H17N2O4P. The van der Waals surface area contributed by atoms with Crippen molar-refractivity contribution in [3.63, 3.8) is 0 Å². The molecule has 0 atom stereocenters. The fourth-order valence-corrected chi connectivity index (χ4v) is 1.42. The Bertz CT molecular complexity index is 279. The van der Waals surface area contributed by atoms with E-state index in [-0.39, 0.29) is 13.2 Å². The largest absolute Gasteiger partial charge is 0.472 e. The maximum absolute atomic E-state index is 10.5. The molecule has 2 N–H and O–H groups in total. The third-order valence-corrected chi connectivity index (χ3v) is 2.39. The maximum atomic E-state index is 10.5. The second kappa shape index (κ2) is 7.59. The molecule has 1 rings (SSSR count). The van der Waals surface area contributed by atoms with E-state index in [4.69, 9.17) is 4.89 Å². The first kappa shape index (κ1) is 14.3. The molecule has 1 aromatic rings. The highest BCUT2D eigenvalue weighted by atomic mass is 31.2. The van der Waals surface area contributed by atoms with Gasteiger partial charge in [0, 0.05) is 11.9 Å². The SMILES string of the molecule is CCOP(=O)(O)OCC.Cc1ccn[nH]1. The molecule has 0 aromatic carbocycles. The summed E-state index contributed by atoms with van der Waals surface area (Å²) in [5.74, 6) is 0. The van der Waals surface area contributed by atoms with Crippen molar-refractivity contribution in [2.24, 2.45) is 0 Å². The zero-order valence-electron chi connectivity index (χ0n) is 9.14. The summed E-state index contributed by atoms with van der Waals surface area (Å²) in [6, 6.07) is 1.92. The molecule has 15 heavy (non-hydrogen) atoms. The van der Waals surface area contributed by atoms with Crippen LogP contribution in [-0.2, 0) is 13.6 Å². The van der Waals surface area contributed by atoms with E-state index < -0.39 is 7.82 Å². The molecule has 88 valence electrons. The van der Waals surface area contributed by atoms with Gasteiger partial charge in [-0.1, -0.05) is 0 Å². The Kier molecular flexibility index (Phi) is 7.25. The minimum atomic E-state index is -3.69. The summed E-state index contributed by atoms with van der Waals surface area (Å²) < 4.78 is 19.2. The van der Waals surface area contributed by atoms with Gasteiger partial charge in [-0.15, -0.1) is 0 Å². The van der Waals surface area contributed by atoms with Gasteiger partial charge in [-0.25, -0.2) is 4.57 Å². The monoisotopic (exact) mass is 236 g/mol. The van der Waals surface area contributed by atoms with Gasteiger partial charge in [-0.05, 0) is 26.8 Å². The number of phosphoric acid groups is 1. The van der Waals surface area contributed by atoms with Gasteiger partial charge in [0.15, 0.2) is 0 Å². The highest BCUT2D eigenvalue weighted by Crippen LogP contribution is 2.42. The summed E-state index contributed by atoms with van der Waals surface area (Å²) >= 11 is 0. The average molecular weight is 236 g/mol. The van der Waals surface area contributed by atoms with Crippen LogP contribution in [0.5, 0.6) is 0 Å². The summed E-state index contributed by atoms with van der Waals surface area (Å²) in [4.78, 5) is 8.63. The number of phosphoric ester groups is 1. The van der Waals surface area contributed by atoms with Gasteiger partial charge in [0.1, 0.15) is 0 Å². The minimum Gasteiger partial charge on any atom is -0.302 e. The Labute approximate surface area is 89.2 Å². The van der Waals surface area contributed by atoms with Crippen molar-refractivity contribution in [1.29, 1.82) is 0 Å². The Morgan fingerprint density at radius 2 is 2.00 bits per heavy atom. The molecular weight excluding hydrogens is 219 g/mol. The quantitative estimate of drug-likeness (QED) is 0.779. The van der Waals surface area contributed by atoms with E-state index in [2.05, 4.69) is 19.2 Å². The standard InChI is InChI=1S/C4H6N2.C4H11O4P/c1-4-2-3-5-6-4;1-3-7-9(5,6)8-4-2/h2-3H,1H3,(H,5,6);3-4H2,1-2H3,(H,5,6). The second-order valence-corrected chi connectivity index (χ2v) is 4.00. The van der Waals surface area contributed by atoms with Crippen molar-refractivity contribution in [1.82, 2.24) is 10.2 Å². The first-order chi connectivity index (χ1) is 7.02. The molecule has 0 amide bonds. The Morgan fingerprint density at radius 3 is 2.20 bits per heavy atom. The van der Waals surface area contributed by atoms with Crippen molar-refractivity contribution >= 4 is 7.82 Å². The normalized spacial score (nSPS) is 10.7. The predicted octanol–water partition coefficient (Wildman–Crippen LogP) is 1.88. The number of nitrogens with zero attached hydrogens (tertiary/aromatic N) is 1. The van der Waals surface area contributed by atoms with Crippen LogP contribution in [0.2, 0.25) is 0 Å². The zero-order chi connectivity index (χ0) is 11.7. The molecule has 0 saturated carbocycles. The second-order valence-electron chi connectivity index (χ2n) is 2.54. The van der Waals surface area contributed by atoms with Gasteiger partial charge in [0.2, 0.25) is 0 Å². The van der Waals surface area contributed by atoms with Gasteiger partial charge in [0.05, 0.1) is 13.2 Å². The number of rotatable bonds is 4. The molecule has 0 fully saturated rings. The van der Waals surface area contributed by atoms with Crippen molar-refractivity contribution in [3.8, 4) is 0 Å². The van der Waals surface area contributed by atoms with Crippen molar-refractivity contribution in [3.05, 3.63) is 18.0 Å². The number of nitrogens with one attached hydrogen (secondary N) is 1. The summed E-state index contributed by atoms with van der Waals surface area (Å²) in [6.45, 7) is 5.60. The lowest BCUT2D eigenvalue weighted by Gasteiger charge is -2.07. The van der Waals surface area contributed by atoms with Crippen LogP contribution < -0.4 is 0 Å². The van der Waals surface area contributed by atoms with Crippen LogP contribution in [0.1, 0.15) is 19.5 Å². The molecule has 0 unspecified atom stereocenters. The van der Waals surface area contributed by atoms with Gasteiger partial charge in [-0.2, -0.15) is 5.10 Å². The molecule has 1 heterocycles. The molecule has 0 bridgehead atoms. The van der Waals surface area contributed by atoms with Gasteiger partial charge in [-0.3, -0.25) is 14.1 Å². The van der Waals surface area contributed by atoms with Crippen LogP contribution in [0.15, 0.2) is 12.3 Å². The third kappa shape index (κ3) is 8.32. The highest BCUT2D eigenvalue weighted by molar-refractivity contribution is 7.47. The number of hydrogen-bond acceptors (Lipinski definition) is 4. The van der Waals surface area contributed by atoms with Crippen LogP contribution in [0, 0.1) is 6.92 Å². The lowest BCUT2D eigenvalue weighted by Crippen LogP contribution is -1.93. The van der Waals surface area contributed by atoms with Crippen LogP contribution in [0.4, 0.5) is 0 Å². The van der Waals surface area contributed by atoms with Crippen molar-refractivity contribution < 1.29 is 18.5 Å². The van der Waals surface area contributed by atoms with E-state index in [1.807, 2.05) is 13.0 Å². The summed E-state index contributed by atoms with van der Waals surface area (Å²) in [6.07, 6.45) is 1.73. The molecule has 0 aliphatic rings. The van der Waals surface area contributed by atoms with E-state index in [1.54, 1.807) is 20.0 Å². The van der Waals surface area contributed by atoms with Crippen molar-refractivity contribution in [2.75, 3.05) is 13.2 Å². The predicted molar refractivity (Wildman–Crippen MR) is 56.4 cm³/mol. The van der Waals surface area contributed by atoms with E-state index in [0.29, 0.717) is 0 Å². The van der Waals surface area contributed by atoms with Crippen LogP contribution in [-0.4, -0.2) is 28.3 Å². The molecule has 0 saturated heterocycles. The van der Waals surface area contributed by atoms with E-state index >= 15 is 0 Å². The van der Waals surface area contributed by atoms with Gasteiger partial charge in [0.25, 0.3) is 0 Å². The average Bonchev–Trinajstić information content (AvgIpc) is 2.56. The number of aromatic nitrogens is 2. The Morgan fingerprint density at radius 1 is 1.47 bits per heavy atom. The van der Waals surface area contributed by atoms with E-state index in [1.165, 1.54) is 0 Å². The lowest BCUT2D eigenvalue weighted by molar-refractivity contribution is 0.161. The summed E-state index contributed by atoms with van der Waals surface area (Å²) in [7, 11) is -3.69. The van der Waals surface area contributed by atoms with Crippen molar-refractivity contribution in [2.45, 2.75) is 20.8 Å². The Hall–Kier alpha value is -0.680. The molecule has 6 nitrogen and oxygen atoms in total. The minimum absolute atomic E-state index is 0.188. The highest BCUT2D eigenvalue weighted by Gasteiger charge is 2.17. The number of aromatic amines is 1. The molecule has 7 heteroatoms. The van der Waals surface area contributed by atoms with E-state index in [0.717, 1.165) is 5.69 Å². The fraction of sp³-hybridized carbons (Fsp3) is 0.625. The number of H-pyrrole nitrogens is 1. The number of aryl methyl sites for hydroxylation is 1. The Balaban J connectivity index is 0.000000280. The van der Waals surface area contributed by atoms with E-state index in [9.17, 15) is 4.57 Å². The molecule has 1 aromatic heterocycles. The first-order valence-electron chi connectivity index (χ1n) is 4.59. The molecule has 0 aliphatic carbocycles. The van der Waals surface area contributed by atoms with Crippen LogP contribution >= 0.6 is 7.82 Å². The maximum Gasteiger partial charge on any atom is 0.472 e. The fourth-order valence-electron chi connectivity index (χ4n) is 0.689. The molecule has 0 radical (unpaired) electrons. The lowest BCUT2D eigenvalue weighted by atomic mass is 10.5. The molecule has 0 aliphatic heterocycles. The third-order valence-electron chi connectivity index (χ3n) is 1.22. The first-order valence-corrected chi connectivity index (χ1v) is 6.09. The summed E-state index contributed by atoms with van der Waals surface area (Å²) in [5.41, 5.74) is 1.11. The van der Waals surface area contributed by atoms with Gasteiger partial charge < -0.3 is 4.89 Å². The topological polar surface area (TPSA) is 84.4 Å². The number of hydrogen-bond donors (Lipinski definition) is 2. The zero-order valence-corrected chi connectivity index (χ0v) is 10.0. The van der Waals surface area contributed by atoms with Crippen LogP contribution in [0.3, 0.4) is 0 Å².